The monoisotopic (exact) mass is 276 g/mol. The van der Waals surface area contributed by atoms with Crippen molar-refractivity contribution < 1.29 is 9.31 Å². The molecule has 0 aromatic carbocycles. The average Bonchev–Trinajstić information content (AvgIpc) is 2.50. The third-order valence-corrected chi connectivity index (χ3v) is 4.20. The molecule has 5 heteroatoms. The van der Waals surface area contributed by atoms with E-state index in [2.05, 4.69) is 57.7 Å². The molecule has 0 N–H and O–H groups in total. The maximum Gasteiger partial charge on any atom is 0.514 e. The minimum atomic E-state index is -0.382. The molecule has 1 aliphatic heterocycles. The lowest BCUT2D eigenvalue weighted by Crippen LogP contribution is -2.41. The maximum atomic E-state index is 6.03. The van der Waals surface area contributed by atoms with Crippen LogP contribution in [-0.4, -0.2) is 42.3 Å². The number of nitrogens with zero attached hydrogens (tertiary/aromatic N) is 2. The standard InChI is InChI=1S/C15H25BN2O2/c1-11-12(10-18(6)7)8-9-13(17-11)16-19-14(2,3)15(4,5)20-16/h8-9H,10H2,1-7H3. The second kappa shape index (κ2) is 5.13. The molecule has 1 aromatic rings. The van der Waals surface area contributed by atoms with Crippen LogP contribution in [0.3, 0.4) is 0 Å². The van der Waals surface area contributed by atoms with Gasteiger partial charge in [0.1, 0.15) is 0 Å². The third kappa shape index (κ3) is 2.90. The minimum Gasteiger partial charge on any atom is -0.398 e. The van der Waals surface area contributed by atoms with Gasteiger partial charge >= 0.3 is 7.12 Å². The van der Waals surface area contributed by atoms with Gasteiger partial charge in [-0.25, -0.2) is 0 Å². The van der Waals surface area contributed by atoms with Crippen LogP contribution < -0.4 is 5.59 Å². The van der Waals surface area contributed by atoms with E-state index in [0.29, 0.717) is 0 Å². The first-order valence-corrected chi connectivity index (χ1v) is 7.09. The Labute approximate surface area is 122 Å². The van der Waals surface area contributed by atoms with Crippen molar-refractivity contribution in [3.63, 3.8) is 0 Å². The van der Waals surface area contributed by atoms with Crippen molar-refractivity contribution in [3.05, 3.63) is 23.4 Å². The fourth-order valence-corrected chi connectivity index (χ4v) is 2.21. The normalized spacial score (nSPS) is 20.7. The van der Waals surface area contributed by atoms with Crippen LogP contribution in [0.1, 0.15) is 39.0 Å². The molecule has 1 fully saturated rings. The van der Waals surface area contributed by atoms with Crippen molar-refractivity contribution in [2.24, 2.45) is 0 Å². The van der Waals surface area contributed by atoms with Crippen LogP contribution in [-0.2, 0) is 15.9 Å². The summed E-state index contributed by atoms with van der Waals surface area (Å²) < 4.78 is 12.1. The largest absolute Gasteiger partial charge is 0.514 e. The van der Waals surface area contributed by atoms with E-state index >= 15 is 0 Å². The lowest BCUT2D eigenvalue weighted by atomic mass is 9.83. The summed E-state index contributed by atoms with van der Waals surface area (Å²) in [7, 11) is 3.73. The van der Waals surface area contributed by atoms with E-state index in [0.717, 1.165) is 17.8 Å². The van der Waals surface area contributed by atoms with Crippen molar-refractivity contribution >= 4 is 12.7 Å². The summed E-state index contributed by atoms with van der Waals surface area (Å²) in [5, 5.41) is 0. The Hall–Kier alpha value is -0.905. The molecule has 0 amide bonds. The number of aryl methyl sites for hydroxylation is 1. The van der Waals surface area contributed by atoms with Crippen molar-refractivity contribution in [2.45, 2.75) is 52.4 Å². The maximum absolute atomic E-state index is 6.03. The van der Waals surface area contributed by atoms with E-state index in [1.807, 2.05) is 13.0 Å². The quantitative estimate of drug-likeness (QED) is 0.788. The lowest BCUT2D eigenvalue weighted by molar-refractivity contribution is 0.00578. The van der Waals surface area contributed by atoms with Crippen LogP contribution in [0, 0.1) is 6.92 Å². The van der Waals surface area contributed by atoms with Gasteiger partial charge in [0.05, 0.1) is 16.8 Å². The van der Waals surface area contributed by atoms with Crippen molar-refractivity contribution in [1.82, 2.24) is 9.88 Å². The highest BCUT2D eigenvalue weighted by Crippen LogP contribution is 2.36. The summed E-state index contributed by atoms with van der Waals surface area (Å²) in [5.74, 6) is 0. The zero-order valence-corrected chi connectivity index (χ0v) is 13.7. The summed E-state index contributed by atoms with van der Waals surface area (Å²) in [5.41, 5.74) is 2.47. The van der Waals surface area contributed by atoms with Gasteiger partial charge < -0.3 is 14.2 Å². The summed E-state index contributed by atoms with van der Waals surface area (Å²) in [6.45, 7) is 11.1. The Morgan fingerprint density at radius 2 is 1.65 bits per heavy atom. The van der Waals surface area contributed by atoms with Crippen LogP contribution in [0.5, 0.6) is 0 Å². The fourth-order valence-electron chi connectivity index (χ4n) is 2.21. The van der Waals surface area contributed by atoms with Gasteiger partial charge in [0.2, 0.25) is 0 Å². The van der Waals surface area contributed by atoms with Crippen LogP contribution in [0.15, 0.2) is 12.1 Å². The van der Waals surface area contributed by atoms with Crippen molar-refractivity contribution in [2.75, 3.05) is 14.1 Å². The fraction of sp³-hybridized carbons (Fsp3) is 0.667. The highest BCUT2D eigenvalue weighted by molar-refractivity contribution is 6.61. The van der Waals surface area contributed by atoms with Gasteiger partial charge in [-0.2, -0.15) is 0 Å². The Kier molecular flexibility index (Phi) is 3.97. The van der Waals surface area contributed by atoms with Gasteiger partial charge in [-0.1, -0.05) is 6.07 Å². The molecule has 110 valence electrons. The summed E-state index contributed by atoms with van der Waals surface area (Å²) >= 11 is 0. The number of hydrogen-bond acceptors (Lipinski definition) is 4. The smallest absolute Gasteiger partial charge is 0.398 e. The van der Waals surface area contributed by atoms with E-state index in [4.69, 9.17) is 9.31 Å². The second-order valence-corrected chi connectivity index (χ2v) is 6.81. The molecule has 0 atom stereocenters. The van der Waals surface area contributed by atoms with Crippen molar-refractivity contribution in [1.29, 1.82) is 0 Å². The summed E-state index contributed by atoms with van der Waals surface area (Å²) in [6, 6.07) is 4.12. The molecule has 20 heavy (non-hydrogen) atoms. The van der Waals surface area contributed by atoms with Gasteiger partial charge in [0.25, 0.3) is 0 Å². The predicted molar refractivity (Wildman–Crippen MR) is 82.1 cm³/mol. The van der Waals surface area contributed by atoms with Crippen LogP contribution in [0.2, 0.25) is 0 Å². The Balaban J connectivity index is 2.22. The van der Waals surface area contributed by atoms with Gasteiger partial charge in [0, 0.05) is 12.2 Å². The molecule has 2 rings (SSSR count). The summed E-state index contributed by atoms with van der Waals surface area (Å²) in [6.07, 6.45) is 0. The van der Waals surface area contributed by atoms with E-state index in [9.17, 15) is 0 Å². The molecule has 1 saturated heterocycles. The first-order valence-electron chi connectivity index (χ1n) is 7.09. The topological polar surface area (TPSA) is 34.6 Å². The second-order valence-electron chi connectivity index (χ2n) is 6.81. The Morgan fingerprint density at radius 3 is 2.10 bits per heavy atom. The zero-order valence-electron chi connectivity index (χ0n) is 13.7. The number of hydrogen-bond donors (Lipinski definition) is 0. The molecule has 2 heterocycles. The molecule has 0 spiro atoms. The third-order valence-electron chi connectivity index (χ3n) is 4.20. The van der Waals surface area contributed by atoms with Crippen molar-refractivity contribution in [3.8, 4) is 0 Å². The number of rotatable bonds is 3. The van der Waals surface area contributed by atoms with Crippen LogP contribution >= 0.6 is 0 Å². The molecule has 0 bridgehead atoms. The van der Waals surface area contributed by atoms with E-state index in [-0.39, 0.29) is 18.3 Å². The lowest BCUT2D eigenvalue weighted by Gasteiger charge is -2.32. The van der Waals surface area contributed by atoms with Gasteiger partial charge in [-0.15, -0.1) is 0 Å². The van der Waals surface area contributed by atoms with Crippen LogP contribution in [0.25, 0.3) is 0 Å². The zero-order chi connectivity index (χ0) is 15.1. The molecule has 1 aliphatic rings. The molecular formula is C15H25BN2O2. The Bertz CT molecular complexity index is 485. The van der Waals surface area contributed by atoms with E-state index in [1.165, 1.54) is 5.56 Å². The highest BCUT2D eigenvalue weighted by atomic mass is 16.7. The number of pyridine rings is 1. The molecule has 0 radical (unpaired) electrons. The molecule has 4 nitrogen and oxygen atoms in total. The van der Waals surface area contributed by atoms with E-state index < -0.39 is 0 Å². The molecular weight excluding hydrogens is 251 g/mol. The molecule has 1 aromatic heterocycles. The van der Waals surface area contributed by atoms with Gasteiger partial charge in [-0.3, -0.25) is 4.98 Å². The molecule has 0 unspecified atom stereocenters. The molecule has 0 saturated carbocycles. The first kappa shape index (κ1) is 15.5. The minimum absolute atomic E-state index is 0.324. The SMILES string of the molecule is Cc1nc(B2OC(C)(C)C(C)(C)O2)ccc1CN(C)C. The Morgan fingerprint density at radius 1 is 1.10 bits per heavy atom. The van der Waals surface area contributed by atoms with Crippen LogP contribution in [0.4, 0.5) is 0 Å². The van der Waals surface area contributed by atoms with E-state index in [1.54, 1.807) is 0 Å². The first-order chi connectivity index (χ1) is 9.12. The van der Waals surface area contributed by atoms with Gasteiger partial charge in [0.15, 0.2) is 0 Å². The van der Waals surface area contributed by atoms with Gasteiger partial charge in [-0.05, 0) is 60.3 Å². The summed E-state index contributed by atoms with van der Waals surface area (Å²) in [4.78, 5) is 6.80. The molecule has 0 aliphatic carbocycles. The highest BCUT2D eigenvalue weighted by Gasteiger charge is 2.52. The predicted octanol–water partition coefficient (Wildman–Crippen LogP) is 1.75. The number of aromatic nitrogens is 1. The average molecular weight is 276 g/mol.